The second-order valence-corrected chi connectivity index (χ2v) is 9.82. The maximum atomic E-state index is 13.1. The summed E-state index contributed by atoms with van der Waals surface area (Å²) in [5.41, 5.74) is 0.840. The van der Waals surface area contributed by atoms with Crippen LogP contribution in [0.3, 0.4) is 0 Å². The van der Waals surface area contributed by atoms with Gasteiger partial charge in [-0.3, -0.25) is 14.4 Å². The SMILES string of the molecule is C[C@@H](O)[C@H]1C(=O)N2C(C(=O)OCOC(=O)C(C)(C)C)=C(c3cccc(NC(=O)c4ccco4)c3)C[C@H]12. The standard InChI is InChI=1S/C26H28N2O8/c1-14(29)20-18-12-17(15-7-5-8-16(11-15)27-22(30)19-9-6-10-34-19)21(28(18)23(20)31)24(32)35-13-36-25(33)26(2,3)4/h5-11,14,18,20,29H,12-13H2,1-4H3,(H,27,30)/t14-,18-,20-/m1/s1. The summed E-state index contributed by atoms with van der Waals surface area (Å²) in [6.07, 6.45) is 0.816. The lowest BCUT2D eigenvalue weighted by molar-refractivity contribution is -0.175. The van der Waals surface area contributed by atoms with Crippen molar-refractivity contribution in [1.82, 2.24) is 4.90 Å². The van der Waals surface area contributed by atoms with Crippen LogP contribution in [0.15, 0.2) is 52.8 Å². The highest BCUT2D eigenvalue weighted by molar-refractivity contribution is 6.07. The topological polar surface area (TPSA) is 135 Å². The number of nitrogens with one attached hydrogen (secondary N) is 1. The van der Waals surface area contributed by atoms with Crippen LogP contribution in [-0.2, 0) is 23.9 Å². The molecule has 2 aromatic rings. The minimum absolute atomic E-state index is 0.0308. The molecule has 10 nitrogen and oxygen atoms in total. The maximum Gasteiger partial charge on any atom is 0.358 e. The summed E-state index contributed by atoms with van der Waals surface area (Å²) in [4.78, 5) is 51.6. The lowest BCUT2D eigenvalue weighted by atomic mass is 9.82. The van der Waals surface area contributed by atoms with E-state index >= 15 is 0 Å². The normalized spacial score (nSPS) is 19.9. The number of fused-ring (bicyclic) bond motifs is 1. The molecule has 3 heterocycles. The van der Waals surface area contributed by atoms with Gasteiger partial charge in [0.25, 0.3) is 5.91 Å². The van der Waals surface area contributed by atoms with E-state index in [0.29, 0.717) is 23.2 Å². The molecular formula is C26H28N2O8. The first-order valence-electron chi connectivity index (χ1n) is 11.5. The molecule has 36 heavy (non-hydrogen) atoms. The lowest BCUT2D eigenvalue weighted by Crippen LogP contribution is -2.61. The predicted octanol–water partition coefficient (Wildman–Crippen LogP) is 2.94. The second-order valence-electron chi connectivity index (χ2n) is 9.82. The number of carbonyl (C=O) groups excluding carboxylic acids is 4. The summed E-state index contributed by atoms with van der Waals surface area (Å²) in [7, 11) is 0. The van der Waals surface area contributed by atoms with Gasteiger partial charge < -0.3 is 29.2 Å². The number of β-lactam (4-membered cyclic amide) rings is 1. The van der Waals surface area contributed by atoms with Crippen LogP contribution >= 0.6 is 0 Å². The summed E-state index contributed by atoms with van der Waals surface area (Å²) in [6.45, 7) is 5.95. The zero-order valence-corrected chi connectivity index (χ0v) is 20.4. The summed E-state index contributed by atoms with van der Waals surface area (Å²) in [5, 5.41) is 12.8. The van der Waals surface area contributed by atoms with Crippen LogP contribution in [0.2, 0.25) is 0 Å². The van der Waals surface area contributed by atoms with Gasteiger partial charge in [0.2, 0.25) is 12.7 Å². The number of rotatable bonds is 7. The molecule has 0 saturated carbocycles. The van der Waals surface area contributed by atoms with Crippen LogP contribution in [-0.4, -0.2) is 52.7 Å². The molecule has 10 heteroatoms. The summed E-state index contributed by atoms with van der Waals surface area (Å²) < 4.78 is 15.4. The number of ether oxygens (including phenoxy) is 2. The van der Waals surface area contributed by atoms with Crippen molar-refractivity contribution in [2.75, 3.05) is 12.1 Å². The van der Waals surface area contributed by atoms with Crippen molar-refractivity contribution in [2.24, 2.45) is 11.3 Å². The van der Waals surface area contributed by atoms with Gasteiger partial charge in [-0.15, -0.1) is 0 Å². The largest absolute Gasteiger partial charge is 0.459 e. The average Bonchev–Trinajstić information content (AvgIpc) is 3.45. The Hall–Kier alpha value is -3.92. The van der Waals surface area contributed by atoms with Gasteiger partial charge in [0.1, 0.15) is 5.70 Å². The van der Waals surface area contributed by atoms with Crippen molar-refractivity contribution in [2.45, 2.75) is 46.3 Å². The van der Waals surface area contributed by atoms with Crippen molar-refractivity contribution >= 4 is 35.0 Å². The van der Waals surface area contributed by atoms with E-state index in [1.807, 2.05) is 0 Å². The molecule has 0 unspecified atom stereocenters. The number of furan rings is 1. The molecule has 190 valence electrons. The molecule has 1 aromatic carbocycles. The average molecular weight is 497 g/mol. The minimum atomic E-state index is -0.887. The molecule has 2 amide bonds. The molecule has 0 bridgehead atoms. The molecule has 1 saturated heterocycles. The number of aliphatic hydroxyl groups is 1. The maximum absolute atomic E-state index is 13.1. The quantitative estimate of drug-likeness (QED) is 0.339. The number of hydrogen-bond donors (Lipinski definition) is 2. The van der Waals surface area contributed by atoms with Gasteiger partial charge in [-0.2, -0.15) is 0 Å². The molecule has 3 atom stereocenters. The van der Waals surface area contributed by atoms with E-state index in [1.165, 1.54) is 24.2 Å². The van der Waals surface area contributed by atoms with Gasteiger partial charge in [0.15, 0.2) is 5.76 Å². The number of amides is 2. The van der Waals surface area contributed by atoms with Crippen molar-refractivity contribution in [3.05, 3.63) is 59.7 Å². The molecule has 1 fully saturated rings. The van der Waals surface area contributed by atoms with Crippen molar-refractivity contribution in [3.63, 3.8) is 0 Å². The highest BCUT2D eigenvalue weighted by Crippen LogP contribution is 2.47. The molecule has 2 aliphatic heterocycles. The van der Waals surface area contributed by atoms with E-state index in [-0.39, 0.29) is 17.4 Å². The number of aliphatic hydroxyl groups excluding tert-OH is 1. The van der Waals surface area contributed by atoms with Crippen LogP contribution in [0.1, 0.15) is 50.2 Å². The first-order chi connectivity index (χ1) is 17.0. The first-order valence-corrected chi connectivity index (χ1v) is 11.5. The van der Waals surface area contributed by atoms with E-state index in [0.717, 1.165) is 0 Å². The zero-order chi connectivity index (χ0) is 26.2. The van der Waals surface area contributed by atoms with Gasteiger partial charge in [0, 0.05) is 5.69 Å². The van der Waals surface area contributed by atoms with Gasteiger partial charge in [0.05, 0.1) is 29.7 Å². The number of nitrogens with zero attached hydrogens (tertiary/aromatic N) is 1. The van der Waals surface area contributed by atoms with Crippen molar-refractivity contribution in [3.8, 4) is 0 Å². The third-order valence-electron chi connectivity index (χ3n) is 6.13. The smallest absolute Gasteiger partial charge is 0.358 e. The monoisotopic (exact) mass is 496 g/mol. The van der Waals surface area contributed by atoms with E-state index in [4.69, 9.17) is 13.9 Å². The molecule has 0 aliphatic carbocycles. The molecule has 2 N–H and O–H groups in total. The second kappa shape index (κ2) is 9.62. The number of esters is 2. The van der Waals surface area contributed by atoms with E-state index in [2.05, 4.69) is 5.32 Å². The summed E-state index contributed by atoms with van der Waals surface area (Å²) in [5.74, 6) is -2.69. The van der Waals surface area contributed by atoms with Gasteiger partial charge in [-0.05, 0) is 69.5 Å². The Kier molecular flexibility index (Phi) is 6.73. The van der Waals surface area contributed by atoms with E-state index in [9.17, 15) is 24.3 Å². The van der Waals surface area contributed by atoms with Crippen LogP contribution in [0.5, 0.6) is 0 Å². The third-order valence-corrected chi connectivity index (χ3v) is 6.13. The molecule has 0 radical (unpaired) electrons. The molecule has 0 spiro atoms. The highest BCUT2D eigenvalue weighted by Gasteiger charge is 2.57. The number of hydrogen-bond acceptors (Lipinski definition) is 8. The number of anilines is 1. The Morgan fingerprint density at radius 3 is 2.58 bits per heavy atom. The minimum Gasteiger partial charge on any atom is -0.459 e. The molecule has 1 aromatic heterocycles. The Morgan fingerprint density at radius 1 is 1.19 bits per heavy atom. The third kappa shape index (κ3) is 4.76. The molecule has 4 rings (SSSR count). The van der Waals surface area contributed by atoms with E-state index < -0.39 is 48.1 Å². The first kappa shape index (κ1) is 25.2. The molecular weight excluding hydrogens is 468 g/mol. The fourth-order valence-electron chi connectivity index (χ4n) is 4.32. The fraction of sp³-hybridized carbons (Fsp3) is 0.385. The fourth-order valence-corrected chi connectivity index (χ4v) is 4.32. The predicted molar refractivity (Wildman–Crippen MR) is 127 cm³/mol. The Labute approximate surface area is 207 Å². The van der Waals surface area contributed by atoms with Gasteiger partial charge in [-0.25, -0.2) is 4.79 Å². The van der Waals surface area contributed by atoms with Gasteiger partial charge >= 0.3 is 11.9 Å². The summed E-state index contributed by atoms with van der Waals surface area (Å²) >= 11 is 0. The van der Waals surface area contributed by atoms with Crippen LogP contribution in [0.25, 0.3) is 5.57 Å². The molecule has 2 aliphatic rings. The van der Waals surface area contributed by atoms with Crippen molar-refractivity contribution < 1.29 is 38.2 Å². The lowest BCUT2D eigenvalue weighted by Gasteiger charge is -2.44. The summed E-state index contributed by atoms with van der Waals surface area (Å²) in [6, 6.07) is 9.54. The van der Waals surface area contributed by atoms with Gasteiger partial charge in [-0.1, -0.05) is 12.1 Å². The van der Waals surface area contributed by atoms with E-state index in [1.54, 1.807) is 51.1 Å². The number of benzene rings is 1. The zero-order valence-electron chi connectivity index (χ0n) is 20.4. The Morgan fingerprint density at radius 2 is 1.94 bits per heavy atom. The van der Waals surface area contributed by atoms with Crippen LogP contribution in [0.4, 0.5) is 5.69 Å². The highest BCUT2D eigenvalue weighted by atomic mass is 16.7. The Bertz CT molecular complexity index is 1220. The Balaban J connectivity index is 1.59. The number of carbonyl (C=O) groups is 4. The van der Waals surface area contributed by atoms with Crippen LogP contribution < -0.4 is 5.32 Å². The van der Waals surface area contributed by atoms with Crippen molar-refractivity contribution in [1.29, 1.82) is 0 Å². The van der Waals surface area contributed by atoms with Crippen LogP contribution in [0, 0.1) is 11.3 Å².